The van der Waals surface area contributed by atoms with Crippen LogP contribution in [-0.2, 0) is 11.2 Å². The Hall–Kier alpha value is -0.870. The molecule has 0 aromatic carbocycles. The monoisotopic (exact) mass is 269 g/mol. The van der Waals surface area contributed by atoms with Gasteiger partial charge in [-0.25, -0.2) is 9.97 Å². The number of nitrogens with one attached hydrogen (secondary N) is 1. The van der Waals surface area contributed by atoms with Crippen molar-refractivity contribution in [2.24, 2.45) is 5.92 Å². The lowest BCUT2D eigenvalue weighted by molar-refractivity contribution is 0.187. The quantitative estimate of drug-likeness (QED) is 0.835. The fourth-order valence-electron chi connectivity index (χ4n) is 2.03. The molecule has 18 heavy (non-hydrogen) atoms. The third kappa shape index (κ3) is 3.33. The van der Waals surface area contributed by atoms with Crippen molar-refractivity contribution in [3.63, 3.8) is 0 Å². The number of hydrogen-bond donors (Lipinski definition) is 1. The molecule has 0 aliphatic carbocycles. The van der Waals surface area contributed by atoms with Crippen LogP contribution in [0, 0.1) is 12.8 Å². The Kier molecular flexibility index (Phi) is 4.78. The van der Waals surface area contributed by atoms with Gasteiger partial charge >= 0.3 is 0 Å². The summed E-state index contributed by atoms with van der Waals surface area (Å²) in [6.45, 7) is 6.66. The molecule has 1 aromatic rings. The van der Waals surface area contributed by atoms with E-state index in [0.717, 1.165) is 56.2 Å². The van der Waals surface area contributed by atoms with Crippen molar-refractivity contribution in [3.05, 3.63) is 16.5 Å². The second-order valence-electron chi connectivity index (χ2n) is 4.76. The highest BCUT2D eigenvalue weighted by atomic mass is 35.5. The molecule has 2 rings (SSSR count). The highest BCUT2D eigenvalue weighted by Crippen LogP contribution is 2.21. The van der Waals surface area contributed by atoms with Crippen LogP contribution in [0.2, 0.25) is 5.15 Å². The molecule has 0 saturated carbocycles. The maximum Gasteiger partial charge on any atom is 0.137 e. The van der Waals surface area contributed by atoms with Gasteiger partial charge in [0, 0.05) is 31.1 Å². The van der Waals surface area contributed by atoms with Crippen molar-refractivity contribution in [2.45, 2.75) is 33.1 Å². The molecule has 1 unspecified atom stereocenters. The number of halogens is 1. The summed E-state index contributed by atoms with van der Waals surface area (Å²) in [5, 5.41) is 3.93. The molecular formula is C13H20ClN3O. The van der Waals surface area contributed by atoms with Gasteiger partial charge in [0.1, 0.15) is 16.8 Å². The number of rotatable bonds is 5. The van der Waals surface area contributed by atoms with Crippen molar-refractivity contribution in [2.75, 3.05) is 25.1 Å². The van der Waals surface area contributed by atoms with Crippen molar-refractivity contribution in [1.29, 1.82) is 0 Å². The summed E-state index contributed by atoms with van der Waals surface area (Å²) < 4.78 is 5.36. The molecule has 1 saturated heterocycles. The largest absolute Gasteiger partial charge is 0.381 e. The van der Waals surface area contributed by atoms with Crippen LogP contribution in [0.15, 0.2) is 0 Å². The van der Waals surface area contributed by atoms with E-state index in [1.54, 1.807) is 0 Å². The molecule has 100 valence electrons. The molecule has 2 heterocycles. The number of aryl methyl sites for hydroxylation is 1. The lowest BCUT2D eigenvalue weighted by Crippen LogP contribution is -2.16. The molecule has 1 atom stereocenters. The van der Waals surface area contributed by atoms with Crippen LogP contribution < -0.4 is 5.32 Å². The molecule has 0 amide bonds. The van der Waals surface area contributed by atoms with Gasteiger partial charge in [-0.3, -0.25) is 0 Å². The minimum absolute atomic E-state index is 0.554. The average Bonchev–Trinajstić information content (AvgIpc) is 2.85. The lowest BCUT2D eigenvalue weighted by atomic mass is 10.1. The van der Waals surface area contributed by atoms with Gasteiger partial charge in [0.05, 0.1) is 6.61 Å². The summed E-state index contributed by atoms with van der Waals surface area (Å²) in [6, 6.07) is 0. The van der Waals surface area contributed by atoms with Crippen LogP contribution in [0.25, 0.3) is 0 Å². The molecule has 1 N–H and O–H groups in total. The predicted octanol–water partition coefficient (Wildman–Crippen LogP) is 2.84. The Morgan fingerprint density at radius 1 is 1.44 bits per heavy atom. The average molecular weight is 270 g/mol. The summed E-state index contributed by atoms with van der Waals surface area (Å²) in [7, 11) is 0. The molecule has 1 aromatic heterocycles. The van der Waals surface area contributed by atoms with Crippen LogP contribution in [0.4, 0.5) is 5.82 Å². The van der Waals surface area contributed by atoms with Crippen LogP contribution in [0.3, 0.4) is 0 Å². The standard InChI is InChI=1S/C13H20ClN3O/c1-3-4-11-16-12(14)9(2)13(17-11)15-7-10-5-6-18-8-10/h10H,3-8H2,1-2H3,(H,15,16,17). The second-order valence-corrected chi connectivity index (χ2v) is 5.12. The molecule has 5 heteroatoms. The number of anilines is 1. The number of hydrogen-bond acceptors (Lipinski definition) is 4. The van der Waals surface area contributed by atoms with E-state index in [1.807, 2.05) is 6.92 Å². The normalized spacial score (nSPS) is 19.2. The summed E-state index contributed by atoms with van der Waals surface area (Å²) in [5.41, 5.74) is 0.926. The molecule has 0 spiro atoms. The van der Waals surface area contributed by atoms with E-state index in [2.05, 4.69) is 22.2 Å². The van der Waals surface area contributed by atoms with Crippen LogP contribution in [0.1, 0.15) is 31.2 Å². The first kappa shape index (κ1) is 13.6. The number of aromatic nitrogens is 2. The highest BCUT2D eigenvalue weighted by Gasteiger charge is 2.16. The van der Waals surface area contributed by atoms with Crippen molar-refractivity contribution in [3.8, 4) is 0 Å². The summed E-state index contributed by atoms with van der Waals surface area (Å²) in [6.07, 6.45) is 3.00. The van der Waals surface area contributed by atoms with Crippen LogP contribution >= 0.6 is 11.6 Å². The minimum Gasteiger partial charge on any atom is -0.381 e. The maximum atomic E-state index is 6.13. The van der Waals surface area contributed by atoms with E-state index in [4.69, 9.17) is 16.3 Å². The van der Waals surface area contributed by atoms with Crippen molar-refractivity contribution in [1.82, 2.24) is 9.97 Å². The Balaban J connectivity index is 2.05. The van der Waals surface area contributed by atoms with E-state index in [9.17, 15) is 0 Å². The second kappa shape index (κ2) is 6.34. The van der Waals surface area contributed by atoms with Gasteiger partial charge in [-0.2, -0.15) is 0 Å². The zero-order valence-corrected chi connectivity index (χ0v) is 11.8. The smallest absolute Gasteiger partial charge is 0.137 e. The first-order chi connectivity index (χ1) is 8.70. The topological polar surface area (TPSA) is 47.0 Å². The van der Waals surface area contributed by atoms with Gasteiger partial charge in [-0.15, -0.1) is 0 Å². The summed E-state index contributed by atoms with van der Waals surface area (Å²) in [4.78, 5) is 8.83. The van der Waals surface area contributed by atoms with E-state index < -0.39 is 0 Å². The van der Waals surface area contributed by atoms with Crippen molar-refractivity contribution < 1.29 is 4.74 Å². The zero-order chi connectivity index (χ0) is 13.0. The molecule has 4 nitrogen and oxygen atoms in total. The Morgan fingerprint density at radius 2 is 2.28 bits per heavy atom. The van der Waals surface area contributed by atoms with Gasteiger partial charge in [-0.1, -0.05) is 18.5 Å². The van der Waals surface area contributed by atoms with Gasteiger partial charge < -0.3 is 10.1 Å². The Morgan fingerprint density at radius 3 is 2.94 bits per heavy atom. The van der Waals surface area contributed by atoms with E-state index in [-0.39, 0.29) is 0 Å². The van der Waals surface area contributed by atoms with Gasteiger partial charge in [0.15, 0.2) is 0 Å². The van der Waals surface area contributed by atoms with Gasteiger partial charge in [0.2, 0.25) is 0 Å². The number of ether oxygens (including phenoxy) is 1. The molecule has 0 bridgehead atoms. The van der Waals surface area contributed by atoms with Gasteiger partial charge in [-0.05, 0) is 19.8 Å². The van der Waals surface area contributed by atoms with Gasteiger partial charge in [0.25, 0.3) is 0 Å². The molecule has 1 aliphatic heterocycles. The Labute approximate surface area is 113 Å². The molecule has 1 fully saturated rings. The van der Waals surface area contributed by atoms with E-state index in [0.29, 0.717) is 11.1 Å². The lowest BCUT2D eigenvalue weighted by Gasteiger charge is -2.13. The molecule has 1 aliphatic rings. The fraction of sp³-hybridized carbons (Fsp3) is 0.692. The third-order valence-corrected chi connectivity index (χ3v) is 3.56. The first-order valence-corrected chi connectivity index (χ1v) is 6.93. The van der Waals surface area contributed by atoms with E-state index >= 15 is 0 Å². The number of nitrogens with zero attached hydrogens (tertiary/aromatic N) is 2. The third-order valence-electron chi connectivity index (χ3n) is 3.19. The van der Waals surface area contributed by atoms with Crippen LogP contribution in [-0.4, -0.2) is 29.7 Å². The molecular weight excluding hydrogens is 250 g/mol. The SMILES string of the molecule is CCCc1nc(Cl)c(C)c(NCC2CCOC2)n1. The summed E-state index contributed by atoms with van der Waals surface area (Å²) >= 11 is 6.13. The predicted molar refractivity (Wildman–Crippen MR) is 73.2 cm³/mol. The minimum atomic E-state index is 0.554. The molecule has 0 radical (unpaired) electrons. The van der Waals surface area contributed by atoms with E-state index in [1.165, 1.54) is 0 Å². The first-order valence-electron chi connectivity index (χ1n) is 6.55. The van der Waals surface area contributed by atoms with Crippen molar-refractivity contribution >= 4 is 17.4 Å². The van der Waals surface area contributed by atoms with Crippen LogP contribution in [0.5, 0.6) is 0 Å². The zero-order valence-electron chi connectivity index (χ0n) is 11.0. The Bertz CT molecular complexity index is 405. The highest BCUT2D eigenvalue weighted by molar-refractivity contribution is 6.30. The summed E-state index contributed by atoms with van der Waals surface area (Å²) in [5.74, 6) is 2.26. The maximum absolute atomic E-state index is 6.13. The fourth-order valence-corrected chi connectivity index (χ4v) is 2.21.